The highest BCUT2D eigenvalue weighted by atomic mass is 16.5. The Morgan fingerprint density at radius 1 is 1.28 bits per heavy atom. The summed E-state index contributed by atoms with van der Waals surface area (Å²) in [4.78, 5) is 28.5. The van der Waals surface area contributed by atoms with E-state index in [1.165, 1.54) is 12.8 Å². The van der Waals surface area contributed by atoms with E-state index in [0.29, 0.717) is 30.7 Å². The number of ether oxygens (including phenoxy) is 1. The van der Waals surface area contributed by atoms with Gasteiger partial charge in [-0.05, 0) is 55.9 Å². The fraction of sp³-hybridized carbons (Fsp3) is 0.632. The minimum absolute atomic E-state index is 0.250. The first-order chi connectivity index (χ1) is 11.9. The molecule has 1 aromatic rings. The monoisotopic (exact) mass is 345 g/mol. The highest BCUT2D eigenvalue weighted by Crippen LogP contribution is 2.44. The highest BCUT2D eigenvalue weighted by molar-refractivity contribution is 5.96. The van der Waals surface area contributed by atoms with Crippen LogP contribution in [-0.2, 0) is 4.79 Å². The molecule has 25 heavy (non-hydrogen) atoms. The second-order valence-corrected chi connectivity index (χ2v) is 7.68. The van der Waals surface area contributed by atoms with E-state index < -0.39 is 11.9 Å². The van der Waals surface area contributed by atoms with E-state index in [9.17, 15) is 9.59 Å². The summed E-state index contributed by atoms with van der Waals surface area (Å²) in [6.07, 6.45) is 5.20. The third kappa shape index (κ3) is 4.94. The van der Waals surface area contributed by atoms with Crippen LogP contribution < -0.4 is 15.8 Å². The molecule has 0 spiro atoms. The van der Waals surface area contributed by atoms with Crippen LogP contribution in [0.2, 0.25) is 0 Å². The van der Waals surface area contributed by atoms with Crippen LogP contribution in [0.4, 0.5) is 0 Å². The van der Waals surface area contributed by atoms with E-state index in [4.69, 9.17) is 10.5 Å². The normalized spacial score (nSPS) is 18.0. The molecule has 2 aliphatic rings. The number of nitrogens with zero attached hydrogens (tertiary/aromatic N) is 1. The molecule has 0 unspecified atom stereocenters. The molecule has 6 heteroatoms. The summed E-state index contributed by atoms with van der Waals surface area (Å²) in [5, 5.41) is 2.70. The average Bonchev–Trinajstić information content (AvgIpc) is 3.45. The van der Waals surface area contributed by atoms with Gasteiger partial charge in [0.1, 0.15) is 11.7 Å². The summed E-state index contributed by atoms with van der Waals surface area (Å²) in [5.41, 5.74) is 6.76. The summed E-state index contributed by atoms with van der Waals surface area (Å²) >= 11 is 0. The maximum absolute atomic E-state index is 12.5. The van der Waals surface area contributed by atoms with Crippen molar-refractivity contribution in [2.45, 2.75) is 57.9 Å². The Labute approximate surface area is 148 Å². The zero-order valence-electron chi connectivity index (χ0n) is 15.0. The lowest BCUT2D eigenvalue weighted by molar-refractivity contribution is -0.120. The summed E-state index contributed by atoms with van der Waals surface area (Å²) < 4.78 is 5.89. The van der Waals surface area contributed by atoms with Crippen LogP contribution >= 0.6 is 0 Å². The van der Waals surface area contributed by atoms with E-state index in [0.717, 1.165) is 18.4 Å². The molecule has 3 N–H and O–H groups in total. The first kappa shape index (κ1) is 17.7. The summed E-state index contributed by atoms with van der Waals surface area (Å²) in [6, 6.07) is 2.96. The Kier molecular flexibility index (Phi) is 5.25. The molecule has 1 aromatic heterocycles. The number of nitrogens with one attached hydrogen (secondary N) is 1. The van der Waals surface area contributed by atoms with E-state index in [-0.39, 0.29) is 17.5 Å². The Morgan fingerprint density at radius 2 is 2.00 bits per heavy atom. The predicted molar refractivity (Wildman–Crippen MR) is 94.3 cm³/mol. The van der Waals surface area contributed by atoms with Gasteiger partial charge in [-0.2, -0.15) is 0 Å². The van der Waals surface area contributed by atoms with Gasteiger partial charge >= 0.3 is 0 Å². The lowest BCUT2D eigenvalue weighted by atomic mass is 10.0. The molecule has 0 radical (unpaired) electrons. The Morgan fingerprint density at radius 3 is 2.56 bits per heavy atom. The van der Waals surface area contributed by atoms with Crippen molar-refractivity contribution < 1.29 is 14.3 Å². The number of rotatable bonds is 9. The standard InChI is InChI=1S/C19H27N3O3/c1-11(2)9-16(17(20)23)21-18(24)15-8-7-14(13-5-6-13)19(22-15)25-10-12-3-4-12/h7-8,11-13,16H,3-6,9-10H2,1-2H3,(H2,20,23)(H,21,24)/t16-/m0/s1. The van der Waals surface area contributed by atoms with Gasteiger partial charge in [-0.3, -0.25) is 9.59 Å². The van der Waals surface area contributed by atoms with Crippen molar-refractivity contribution in [1.29, 1.82) is 0 Å². The number of carbonyl (C=O) groups is 2. The van der Waals surface area contributed by atoms with Crippen LogP contribution in [0.1, 0.15) is 67.9 Å². The minimum Gasteiger partial charge on any atom is -0.477 e. The van der Waals surface area contributed by atoms with Crippen LogP contribution in [0.5, 0.6) is 5.88 Å². The third-order valence-corrected chi connectivity index (χ3v) is 4.65. The zero-order valence-corrected chi connectivity index (χ0v) is 15.0. The minimum atomic E-state index is -0.687. The van der Waals surface area contributed by atoms with Gasteiger partial charge in [-0.25, -0.2) is 4.98 Å². The van der Waals surface area contributed by atoms with Crippen LogP contribution in [0.15, 0.2) is 12.1 Å². The maximum Gasteiger partial charge on any atom is 0.270 e. The second kappa shape index (κ2) is 7.42. The summed E-state index contributed by atoms with van der Waals surface area (Å²) in [7, 11) is 0. The number of hydrogen-bond donors (Lipinski definition) is 2. The fourth-order valence-corrected chi connectivity index (χ4v) is 2.83. The molecular weight excluding hydrogens is 318 g/mol. The van der Waals surface area contributed by atoms with E-state index >= 15 is 0 Å². The highest BCUT2D eigenvalue weighted by Gasteiger charge is 2.30. The number of aromatic nitrogens is 1. The van der Waals surface area contributed by atoms with Gasteiger partial charge in [-0.15, -0.1) is 0 Å². The molecule has 0 bridgehead atoms. The molecule has 136 valence electrons. The Hall–Kier alpha value is -2.11. The van der Waals surface area contributed by atoms with Gasteiger partial charge in [0.05, 0.1) is 6.61 Å². The van der Waals surface area contributed by atoms with E-state index in [2.05, 4.69) is 10.3 Å². The van der Waals surface area contributed by atoms with E-state index in [1.54, 1.807) is 6.07 Å². The number of amides is 2. The molecule has 0 saturated heterocycles. The Bertz CT molecular complexity index is 651. The number of primary amides is 1. The van der Waals surface area contributed by atoms with Gasteiger partial charge < -0.3 is 15.8 Å². The maximum atomic E-state index is 12.5. The predicted octanol–water partition coefficient (Wildman–Crippen LogP) is 2.38. The Balaban J connectivity index is 1.72. The van der Waals surface area contributed by atoms with E-state index in [1.807, 2.05) is 19.9 Å². The lowest BCUT2D eigenvalue weighted by Gasteiger charge is -2.18. The largest absolute Gasteiger partial charge is 0.477 e. The van der Waals surface area contributed by atoms with Crippen molar-refractivity contribution in [2.24, 2.45) is 17.6 Å². The molecule has 1 heterocycles. The number of nitrogens with two attached hydrogens (primary N) is 1. The molecule has 6 nitrogen and oxygen atoms in total. The first-order valence-corrected chi connectivity index (χ1v) is 9.18. The van der Waals surface area contributed by atoms with Crippen LogP contribution in [0.3, 0.4) is 0 Å². The van der Waals surface area contributed by atoms with Crippen LogP contribution in [0, 0.1) is 11.8 Å². The van der Waals surface area contributed by atoms with Crippen molar-refractivity contribution in [3.05, 3.63) is 23.4 Å². The van der Waals surface area contributed by atoms with Crippen molar-refractivity contribution in [3.63, 3.8) is 0 Å². The molecule has 2 aliphatic carbocycles. The zero-order chi connectivity index (χ0) is 18.0. The van der Waals surface area contributed by atoms with Crippen LogP contribution in [-0.4, -0.2) is 29.4 Å². The molecule has 0 aliphatic heterocycles. The molecule has 0 aromatic carbocycles. The average molecular weight is 345 g/mol. The summed E-state index contributed by atoms with van der Waals surface area (Å²) in [6.45, 7) is 4.62. The topological polar surface area (TPSA) is 94.3 Å². The van der Waals surface area contributed by atoms with Gasteiger partial charge in [0, 0.05) is 5.56 Å². The van der Waals surface area contributed by atoms with Crippen molar-refractivity contribution >= 4 is 11.8 Å². The molecule has 3 rings (SSSR count). The van der Waals surface area contributed by atoms with Gasteiger partial charge in [0.25, 0.3) is 5.91 Å². The molecule has 2 amide bonds. The van der Waals surface area contributed by atoms with Crippen molar-refractivity contribution in [2.75, 3.05) is 6.61 Å². The summed E-state index contributed by atoms with van der Waals surface area (Å²) in [5.74, 6) is 1.03. The molecule has 2 fully saturated rings. The van der Waals surface area contributed by atoms with Gasteiger partial charge in [0.15, 0.2) is 0 Å². The number of carbonyl (C=O) groups excluding carboxylic acids is 2. The molecular formula is C19H27N3O3. The van der Waals surface area contributed by atoms with Gasteiger partial charge in [-0.1, -0.05) is 19.9 Å². The van der Waals surface area contributed by atoms with Gasteiger partial charge in [0.2, 0.25) is 11.8 Å². The fourth-order valence-electron chi connectivity index (χ4n) is 2.83. The molecule has 1 atom stereocenters. The lowest BCUT2D eigenvalue weighted by Crippen LogP contribution is -2.45. The van der Waals surface area contributed by atoms with Crippen molar-refractivity contribution in [1.82, 2.24) is 10.3 Å². The first-order valence-electron chi connectivity index (χ1n) is 9.18. The smallest absolute Gasteiger partial charge is 0.270 e. The number of hydrogen-bond acceptors (Lipinski definition) is 4. The third-order valence-electron chi connectivity index (χ3n) is 4.65. The van der Waals surface area contributed by atoms with Crippen molar-refractivity contribution in [3.8, 4) is 5.88 Å². The molecule has 2 saturated carbocycles. The second-order valence-electron chi connectivity index (χ2n) is 7.68. The SMILES string of the molecule is CC(C)C[C@H](NC(=O)c1ccc(C2CC2)c(OCC2CC2)n1)C(N)=O. The quantitative estimate of drug-likeness (QED) is 0.718. The number of pyridine rings is 1. The van der Waals surface area contributed by atoms with Crippen LogP contribution in [0.25, 0.3) is 0 Å².